The van der Waals surface area contributed by atoms with Crippen LogP contribution in [0.3, 0.4) is 0 Å². The molecule has 0 radical (unpaired) electrons. The van der Waals surface area contributed by atoms with Gasteiger partial charge in [0.05, 0.1) is 12.2 Å². The Hall–Kier alpha value is -1.58. The fourth-order valence-corrected chi connectivity index (χ4v) is 3.09. The summed E-state index contributed by atoms with van der Waals surface area (Å²) in [6.07, 6.45) is 5.26. The lowest BCUT2D eigenvalue weighted by Crippen LogP contribution is -2.30. The minimum Gasteiger partial charge on any atom is -0.462 e. The van der Waals surface area contributed by atoms with Gasteiger partial charge in [-0.25, -0.2) is 9.78 Å². The summed E-state index contributed by atoms with van der Waals surface area (Å²) in [4.78, 5) is 15.9. The number of hydrogen-bond donors (Lipinski definition) is 1. The maximum atomic E-state index is 11.5. The van der Waals surface area contributed by atoms with E-state index in [9.17, 15) is 4.79 Å². The molecule has 2 rings (SSSR count). The monoisotopic (exact) mass is 276 g/mol. The van der Waals surface area contributed by atoms with Gasteiger partial charge in [-0.3, -0.25) is 0 Å². The van der Waals surface area contributed by atoms with Crippen LogP contribution in [0.2, 0.25) is 0 Å². The molecule has 1 N–H and O–H groups in total. The molecule has 20 heavy (non-hydrogen) atoms. The molecule has 0 bridgehead atoms. The third kappa shape index (κ3) is 3.95. The normalized spacial score (nSPS) is 26.1. The summed E-state index contributed by atoms with van der Waals surface area (Å²) >= 11 is 0. The highest BCUT2D eigenvalue weighted by molar-refractivity contribution is 5.89. The molecule has 1 aromatic rings. The molecular formula is C16H24N2O2. The predicted octanol–water partition coefficient (Wildman–Crippen LogP) is 3.49. The van der Waals surface area contributed by atoms with Gasteiger partial charge in [-0.2, -0.15) is 0 Å². The van der Waals surface area contributed by atoms with Crippen LogP contribution in [0, 0.1) is 11.8 Å². The molecule has 0 aromatic carbocycles. The Morgan fingerprint density at radius 3 is 2.55 bits per heavy atom. The van der Waals surface area contributed by atoms with Crippen molar-refractivity contribution >= 4 is 11.8 Å². The lowest BCUT2D eigenvalue weighted by atomic mass is 9.80. The first kappa shape index (κ1) is 14.8. The van der Waals surface area contributed by atoms with Gasteiger partial charge in [-0.1, -0.05) is 13.8 Å². The van der Waals surface area contributed by atoms with Crippen molar-refractivity contribution in [3.63, 3.8) is 0 Å². The maximum Gasteiger partial charge on any atom is 0.339 e. The zero-order valence-corrected chi connectivity index (χ0v) is 12.6. The number of nitrogens with zero attached hydrogens (tertiary/aromatic N) is 1. The van der Waals surface area contributed by atoms with Crippen molar-refractivity contribution in [1.82, 2.24) is 4.98 Å². The summed E-state index contributed by atoms with van der Waals surface area (Å²) in [5, 5.41) is 3.48. The average molecular weight is 276 g/mol. The number of hydrogen-bond acceptors (Lipinski definition) is 4. The lowest BCUT2D eigenvalue weighted by Gasteiger charge is -2.32. The molecule has 1 fully saturated rings. The zero-order valence-electron chi connectivity index (χ0n) is 12.6. The van der Waals surface area contributed by atoms with Gasteiger partial charge in [0.1, 0.15) is 5.82 Å². The predicted molar refractivity (Wildman–Crippen MR) is 79.8 cm³/mol. The highest BCUT2D eigenvalue weighted by Crippen LogP contribution is 2.30. The van der Waals surface area contributed by atoms with E-state index in [1.165, 1.54) is 19.3 Å². The molecule has 1 heterocycles. The average Bonchev–Trinajstić information content (AvgIpc) is 2.38. The van der Waals surface area contributed by atoms with Crippen LogP contribution >= 0.6 is 0 Å². The van der Waals surface area contributed by atoms with Gasteiger partial charge in [0.2, 0.25) is 0 Å². The van der Waals surface area contributed by atoms with Crippen LogP contribution in [0.15, 0.2) is 18.3 Å². The summed E-state index contributed by atoms with van der Waals surface area (Å²) in [6, 6.07) is 4.11. The standard InChI is InChI=1S/C16H24N2O2/c1-4-20-16(19)13-5-6-15(17-10-13)18-14-8-11(2)7-12(3)9-14/h5-6,10-12,14H,4,7-9H2,1-3H3,(H,17,18). The summed E-state index contributed by atoms with van der Waals surface area (Å²) in [5.41, 5.74) is 0.503. The second-order valence-electron chi connectivity index (χ2n) is 5.91. The molecule has 1 aliphatic carbocycles. The Balaban J connectivity index is 1.95. The van der Waals surface area contributed by atoms with E-state index in [0.29, 0.717) is 18.2 Å². The van der Waals surface area contributed by atoms with Crippen LogP contribution in [0.1, 0.15) is 50.4 Å². The van der Waals surface area contributed by atoms with Crippen LogP contribution < -0.4 is 5.32 Å². The number of ether oxygens (including phenoxy) is 1. The van der Waals surface area contributed by atoms with Crippen molar-refractivity contribution in [1.29, 1.82) is 0 Å². The van der Waals surface area contributed by atoms with Gasteiger partial charge < -0.3 is 10.1 Å². The van der Waals surface area contributed by atoms with Crippen molar-refractivity contribution in [3.05, 3.63) is 23.9 Å². The molecule has 0 saturated heterocycles. The number of carbonyl (C=O) groups is 1. The molecule has 1 aromatic heterocycles. The van der Waals surface area contributed by atoms with Gasteiger partial charge >= 0.3 is 5.97 Å². The largest absolute Gasteiger partial charge is 0.462 e. The second kappa shape index (κ2) is 6.73. The number of aromatic nitrogens is 1. The number of esters is 1. The smallest absolute Gasteiger partial charge is 0.339 e. The molecule has 1 saturated carbocycles. The Morgan fingerprint density at radius 2 is 2.00 bits per heavy atom. The van der Waals surface area contributed by atoms with Crippen LogP contribution in [0.25, 0.3) is 0 Å². The molecule has 0 spiro atoms. The van der Waals surface area contributed by atoms with Gasteiger partial charge in [0.15, 0.2) is 0 Å². The maximum absolute atomic E-state index is 11.5. The third-order valence-electron chi connectivity index (χ3n) is 3.81. The minimum absolute atomic E-state index is 0.313. The first-order valence-electron chi connectivity index (χ1n) is 7.48. The number of carbonyl (C=O) groups excluding carboxylic acids is 1. The summed E-state index contributed by atoms with van der Waals surface area (Å²) in [5.74, 6) is 2.04. The van der Waals surface area contributed by atoms with E-state index in [1.807, 2.05) is 6.07 Å². The summed E-state index contributed by atoms with van der Waals surface area (Å²) < 4.78 is 4.95. The molecule has 4 heteroatoms. The van der Waals surface area contributed by atoms with Gasteiger partial charge in [-0.05, 0) is 50.2 Å². The SMILES string of the molecule is CCOC(=O)c1ccc(NC2CC(C)CC(C)C2)nc1. The van der Waals surface area contributed by atoms with E-state index in [2.05, 4.69) is 24.1 Å². The van der Waals surface area contributed by atoms with Crippen molar-refractivity contribution in [2.45, 2.75) is 46.1 Å². The summed E-state index contributed by atoms with van der Waals surface area (Å²) in [6.45, 7) is 6.80. The topological polar surface area (TPSA) is 51.2 Å². The first-order valence-corrected chi connectivity index (χ1v) is 7.48. The highest BCUT2D eigenvalue weighted by atomic mass is 16.5. The molecule has 110 valence electrons. The molecule has 1 aliphatic rings. The van der Waals surface area contributed by atoms with E-state index in [1.54, 1.807) is 19.2 Å². The summed E-state index contributed by atoms with van der Waals surface area (Å²) in [7, 11) is 0. The van der Waals surface area contributed by atoms with Crippen molar-refractivity contribution in [3.8, 4) is 0 Å². The second-order valence-corrected chi connectivity index (χ2v) is 5.91. The van der Waals surface area contributed by atoms with Gasteiger partial charge in [0, 0.05) is 12.2 Å². The van der Waals surface area contributed by atoms with E-state index in [0.717, 1.165) is 17.7 Å². The molecular weight excluding hydrogens is 252 g/mol. The third-order valence-corrected chi connectivity index (χ3v) is 3.81. The Morgan fingerprint density at radius 1 is 1.30 bits per heavy atom. The van der Waals surface area contributed by atoms with Crippen LogP contribution in [-0.2, 0) is 4.74 Å². The number of pyridine rings is 1. The van der Waals surface area contributed by atoms with Crippen LogP contribution in [0.4, 0.5) is 5.82 Å². The van der Waals surface area contributed by atoms with Crippen molar-refractivity contribution in [2.24, 2.45) is 11.8 Å². The minimum atomic E-state index is -0.313. The van der Waals surface area contributed by atoms with Crippen molar-refractivity contribution < 1.29 is 9.53 Å². The molecule has 2 unspecified atom stereocenters. The lowest BCUT2D eigenvalue weighted by molar-refractivity contribution is 0.0526. The quantitative estimate of drug-likeness (QED) is 0.855. The molecule has 4 nitrogen and oxygen atoms in total. The first-order chi connectivity index (χ1) is 9.58. The van der Waals surface area contributed by atoms with Crippen LogP contribution in [-0.4, -0.2) is 23.6 Å². The number of anilines is 1. The Labute approximate surface area is 120 Å². The van der Waals surface area contributed by atoms with E-state index >= 15 is 0 Å². The van der Waals surface area contributed by atoms with Gasteiger partial charge in [0.25, 0.3) is 0 Å². The zero-order chi connectivity index (χ0) is 14.5. The van der Waals surface area contributed by atoms with E-state index in [4.69, 9.17) is 4.74 Å². The van der Waals surface area contributed by atoms with Gasteiger partial charge in [-0.15, -0.1) is 0 Å². The highest BCUT2D eigenvalue weighted by Gasteiger charge is 2.23. The fraction of sp³-hybridized carbons (Fsp3) is 0.625. The van der Waals surface area contributed by atoms with E-state index in [-0.39, 0.29) is 5.97 Å². The molecule has 2 atom stereocenters. The van der Waals surface area contributed by atoms with Crippen LogP contribution in [0.5, 0.6) is 0 Å². The number of nitrogens with one attached hydrogen (secondary N) is 1. The Bertz CT molecular complexity index is 434. The Kier molecular flexibility index (Phi) is 4.99. The molecule has 0 amide bonds. The fourth-order valence-electron chi connectivity index (χ4n) is 3.09. The van der Waals surface area contributed by atoms with Crippen molar-refractivity contribution in [2.75, 3.05) is 11.9 Å². The molecule has 0 aliphatic heterocycles. The number of rotatable bonds is 4. The van der Waals surface area contributed by atoms with E-state index < -0.39 is 0 Å².